The summed E-state index contributed by atoms with van der Waals surface area (Å²) in [4.78, 5) is 29.5. The highest BCUT2D eigenvalue weighted by molar-refractivity contribution is 7.98. The van der Waals surface area contributed by atoms with Crippen LogP contribution in [-0.2, 0) is 17.1 Å². The maximum Gasteiger partial charge on any atom is 0.262 e. The fourth-order valence-corrected chi connectivity index (χ4v) is 3.58. The van der Waals surface area contributed by atoms with Crippen molar-refractivity contribution >= 4 is 28.4 Å². The van der Waals surface area contributed by atoms with Crippen LogP contribution in [0.4, 0.5) is 0 Å². The van der Waals surface area contributed by atoms with E-state index in [1.807, 2.05) is 18.2 Å². The second-order valence-corrected chi connectivity index (χ2v) is 6.74. The summed E-state index contributed by atoms with van der Waals surface area (Å²) < 4.78 is 1.39. The molecule has 0 radical (unpaired) electrons. The van der Waals surface area contributed by atoms with Gasteiger partial charge in [-0.1, -0.05) is 42.1 Å². The van der Waals surface area contributed by atoms with Gasteiger partial charge in [0.2, 0.25) is 0 Å². The Balaban J connectivity index is 1.99. The fraction of sp³-hybridized carbons (Fsp3) is 0.211. The van der Waals surface area contributed by atoms with Crippen molar-refractivity contribution in [2.45, 2.75) is 23.9 Å². The van der Waals surface area contributed by atoms with Gasteiger partial charge in [0.1, 0.15) is 5.75 Å². The minimum atomic E-state index is -0.249. The summed E-state index contributed by atoms with van der Waals surface area (Å²) >= 11 is 1.31. The van der Waals surface area contributed by atoms with Gasteiger partial charge in [-0.2, -0.15) is 0 Å². The Kier molecular flexibility index (Phi) is 5.70. The number of hydrogen-bond acceptors (Lipinski definition) is 6. The molecule has 0 bridgehead atoms. The first-order valence-corrected chi connectivity index (χ1v) is 9.19. The van der Waals surface area contributed by atoms with Gasteiger partial charge < -0.3 is 10.8 Å². The number of benzene rings is 2. The molecule has 3 rings (SSSR count). The van der Waals surface area contributed by atoms with Crippen LogP contribution >= 0.6 is 11.8 Å². The van der Waals surface area contributed by atoms with Crippen LogP contribution in [0.3, 0.4) is 0 Å². The van der Waals surface area contributed by atoms with E-state index >= 15 is 0 Å². The van der Waals surface area contributed by atoms with Gasteiger partial charge in [-0.25, -0.2) is 4.98 Å². The van der Waals surface area contributed by atoms with Crippen molar-refractivity contribution in [1.82, 2.24) is 9.55 Å². The highest BCUT2D eigenvalue weighted by Crippen LogP contribution is 2.26. The number of hydrogen-bond donors (Lipinski definition) is 2. The number of ketones is 1. The Morgan fingerprint density at radius 1 is 1.15 bits per heavy atom. The van der Waals surface area contributed by atoms with Gasteiger partial charge in [-0.3, -0.25) is 14.2 Å². The molecule has 0 saturated heterocycles. The van der Waals surface area contributed by atoms with Crippen LogP contribution in [-0.4, -0.2) is 27.0 Å². The molecular formula is C19H19N3O3S. The van der Waals surface area contributed by atoms with Crippen LogP contribution < -0.4 is 11.3 Å². The first kappa shape index (κ1) is 18.2. The van der Waals surface area contributed by atoms with Crippen molar-refractivity contribution < 1.29 is 9.90 Å². The van der Waals surface area contributed by atoms with Crippen molar-refractivity contribution in [3.05, 3.63) is 64.4 Å². The molecule has 0 aliphatic rings. The Morgan fingerprint density at radius 2 is 1.88 bits per heavy atom. The third-order valence-electron chi connectivity index (χ3n) is 3.93. The molecule has 2 aromatic carbocycles. The minimum Gasteiger partial charge on any atom is -0.508 e. The second-order valence-electron chi connectivity index (χ2n) is 5.80. The quantitative estimate of drug-likeness (QED) is 0.490. The fourth-order valence-electron chi connectivity index (χ4n) is 2.59. The number of nitrogens with two attached hydrogens (primary N) is 1. The third-order valence-corrected chi connectivity index (χ3v) is 4.96. The molecule has 3 aromatic rings. The zero-order valence-electron chi connectivity index (χ0n) is 14.1. The number of nitrogens with zero attached hydrogens (tertiary/aromatic N) is 2. The Morgan fingerprint density at radius 3 is 2.65 bits per heavy atom. The normalized spacial score (nSPS) is 11.0. The van der Waals surface area contributed by atoms with Gasteiger partial charge in [-0.15, -0.1) is 0 Å². The van der Waals surface area contributed by atoms with Gasteiger partial charge in [0, 0.05) is 17.7 Å². The lowest BCUT2D eigenvalue weighted by atomic mass is 10.2. The summed E-state index contributed by atoms with van der Waals surface area (Å²) in [5.41, 5.74) is 6.51. The van der Waals surface area contributed by atoms with Crippen molar-refractivity contribution in [2.75, 3.05) is 6.54 Å². The third kappa shape index (κ3) is 3.95. The molecule has 0 saturated carbocycles. The van der Waals surface area contributed by atoms with Crippen LogP contribution in [0.5, 0.6) is 5.75 Å². The minimum absolute atomic E-state index is 0.0586. The first-order valence-electron chi connectivity index (χ1n) is 8.21. The number of thioether (sulfide) groups is 1. The lowest BCUT2D eigenvalue weighted by Gasteiger charge is -2.13. The largest absolute Gasteiger partial charge is 0.508 e. The van der Waals surface area contributed by atoms with E-state index in [-0.39, 0.29) is 36.6 Å². The van der Waals surface area contributed by atoms with E-state index < -0.39 is 0 Å². The van der Waals surface area contributed by atoms with Crippen molar-refractivity contribution in [2.24, 2.45) is 5.73 Å². The molecule has 134 valence electrons. The van der Waals surface area contributed by atoms with Crippen LogP contribution in [0.25, 0.3) is 10.9 Å². The molecule has 0 spiro atoms. The lowest BCUT2D eigenvalue weighted by molar-refractivity contribution is -0.119. The predicted octanol–water partition coefficient (Wildman–Crippen LogP) is 2.31. The van der Waals surface area contributed by atoms with E-state index in [4.69, 9.17) is 5.73 Å². The first-order chi connectivity index (χ1) is 12.6. The van der Waals surface area contributed by atoms with Gasteiger partial charge in [-0.05, 0) is 24.7 Å². The molecular weight excluding hydrogens is 350 g/mol. The number of phenols is 1. The van der Waals surface area contributed by atoms with Crippen LogP contribution in [0.15, 0.2) is 58.5 Å². The maximum atomic E-state index is 12.8. The molecule has 0 unspecified atom stereocenters. The number of para-hydroxylation sites is 2. The van der Waals surface area contributed by atoms with E-state index in [0.717, 1.165) is 5.56 Å². The van der Waals surface area contributed by atoms with E-state index in [2.05, 4.69) is 4.98 Å². The summed E-state index contributed by atoms with van der Waals surface area (Å²) in [6.07, 6.45) is 0.211. The molecule has 1 heterocycles. The molecule has 0 aliphatic carbocycles. The summed E-state index contributed by atoms with van der Waals surface area (Å²) in [5.74, 6) is 0.507. The van der Waals surface area contributed by atoms with E-state index in [9.17, 15) is 14.7 Å². The molecule has 0 atom stereocenters. The molecule has 26 heavy (non-hydrogen) atoms. The maximum absolute atomic E-state index is 12.8. The molecule has 3 N–H and O–H groups in total. The highest BCUT2D eigenvalue weighted by atomic mass is 32.2. The number of aromatic hydroxyl groups is 1. The summed E-state index contributed by atoms with van der Waals surface area (Å²) in [6, 6.07) is 14.1. The average Bonchev–Trinajstić information content (AvgIpc) is 2.64. The zero-order valence-corrected chi connectivity index (χ0v) is 14.9. The number of carbonyl (C=O) groups is 1. The molecule has 1 aromatic heterocycles. The van der Waals surface area contributed by atoms with Crippen molar-refractivity contribution in [3.8, 4) is 5.75 Å². The molecule has 0 fully saturated rings. The van der Waals surface area contributed by atoms with Gasteiger partial charge in [0.15, 0.2) is 10.9 Å². The second kappa shape index (κ2) is 8.16. The topological polar surface area (TPSA) is 98.2 Å². The SMILES string of the molecule is NCCC(=O)Cn1c(SCc2ccccc2O)nc2ccccc2c1=O. The van der Waals surface area contributed by atoms with Crippen LogP contribution in [0.2, 0.25) is 0 Å². The van der Waals surface area contributed by atoms with Gasteiger partial charge in [0.05, 0.1) is 17.4 Å². The Hall–Kier alpha value is -2.64. The predicted molar refractivity (Wildman–Crippen MR) is 102 cm³/mol. The lowest BCUT2D eigenvalue weighted by Crippen LogP contribution is -2.27. The van der Waals surface area contributed by atoms with Gasteiger partial charge >= 0.3 is 0 Å². The Bertz CT molecular complexity index is 1000. The molecule has 0 aliphatic heterocycles. The Labute approximate surface area is 154 Å². The standard InChI is InChI=1S/C19H19N3O3S/c20-10-9-14(23)11-22-18(25)15-6-2-3-7-16(15)21-19(22)26-12-13-5-1-4-8-17(13)24/h1-8,24H,9-12,20H2. The van der Waals surface area contributed by atoms with Crippen LogP contribution in [0.1, 0.15) is 12.0 Å². The number of aromatic nitrogens is 2. The smallest absolute Gasteiger partial charge is 0.262 e. The van der Waals surface area contributed by atoms with Crippen molar-refractivity contribution in [1.29, 1.82) is 0 Å². The van der Waals surface area contributed by atoms with E-state index in [1.165, 1.54) is 16.3 Å². The summed E-state index contributed by atoms with van der Waals surface area (Å²) in [5, 5.41) is 10.8. The van der Waals surface area contributed by atoms with Gasteiger partial charge in [0.25, 0.3) is 5.56 Å². The van der Waals surface area contributed by atoms with E-state index in [0.29, 0.717) is 21.8 Å². The highest BCUT2D eigenvalue weighted by Gasteiger charge is 2.15. The molecule has 0 amide bonds. The number of carbonyl (C=O) groups excluding carboxylic acids is 1. The summed E-state index contributed by atoms with van der Waals surface area (Å²) in [7, 11) is 0. The summed E-state index contributed by atoms with van der Waals surface area (Å²) in [6.45, 7) is 0.186. The monoisotopic (exact) mass is 369 g/mol. The average molecular weight is 369 g/mol. The number of phenolic OH excluding ortho intramolecular Hbond substituents is 1. The zero-order chi connectivity index (χ0) is 18.5. The number of fused-ring (bicyclic) bond motifs is 1. The number of rotatable bonds is 7. The number of Topliss-reactive ketones (excluding diaryl/α,β-unsaturated/α-hetero) is 1. The van der Waals surface area contributed by atoms with Crippen LogP contribution in [0, 0.1) is 0 Å². The molecule has 6 nitrogen and oxygen atoms in total. The van der Waals surface area contributed by atoms with E-state index in [1.54, 1.807) is 30.3 Å². The van der Waals surface area contributed by atoms with Crippen molar-refractivity contribution in [3.63, 3.8) is 0 Å². The molecule has 7 heteroatoms.